The summed E-state index contributed by atoms with van der Waals surface area (Å²) in [5.74, 6) is -0.434. The second-order valence-corrected chi connectivity index (χ2v) is 8.57. The Bertz CT molecular complexity index is 1280. The van der Waals surface area contributed by atoms with Crippen molar-refractivity contribution in [1.82, 2.24) is 9.88 Å². The maximum atomic E-state index is 11.4. The molecule has 0 saturated carbocycles. The predicted molar refractivity (Wildman–Crippen MR) is 136 cm³/mol. The van der Waals surface area contributed by atoms with Gasteiger partial charge in [0.25, 0.3) is 0 Å². The standard InChI is InChI=1S/C28H28N4O2/c29-28(33)23-11-9-22(10-12-23)26-17-27(24-3-1-2-4-25(24)31-26)30-18-20-5-7-21(8-6-20)19-32-13-15-34-16-14-32/h1-12,17H,13-16,18-19H2,(H2,29,33)(H,30,31). The van der Waals surface area contributed by atoms with E-state index < -0.39 is 5.91 Å². The lowest BCUT2D eigenvalue weighted by Gasteiger charge is -2.26. The smallest absolute Gasteiger partial charge is 0.248 e. The van der Waals surface area contributed by atoms with Gasteiger partial charge in [-0.1, -0.05) is 54.6 Å². The van der Waals surface area contributed by atoms with E-state index in [4.69, 9.17) is 15.5 Å². The summed E-state index contributed by atoms with van der Waals surface area (Å²) < 4.78 is 5.44. The highest BCUT2D eigenvalue weighted by Gasteiger charge is 2.11. The molecule has 1 amide bonds. The second-order valence-electron chi connectivity index (χ2n) is 8.57. The van der Waals surface area contributed by atoms with Crippen LogP contribution in [0.2, 0.25) is 0 Å². The number of pyridine rings is 1. The molecule has 4 aromatic rings. The Hall–Kier alpha value is -3.74. The van der Waals surface area contributed by atoms with Crippen molar-refractivity contribution in [3.8, 4) is 11.3 Å². The summed E-state index contributed by atoms with van der Waals surface area (Å²) in [4.78, 5) is 18.7. The van der Waals surface area contributed by atoms with Crippen LogP contribution in [0.15, 0.2) is 78.9 Å². The van der Waals surface area contributed by atoms with Gasteiger partial charge in [0, 0.05) is 48.4 Å². The molecule has 172 valence electrons. The van der Waals surface area contributed by atoms with E-state index in [0.717, 1.165) is 60.7 Å². The number of nitrogens with one attached hydrogen (secondary N) is 1. The van der Waals surface area contributed by atoms with Crippen LogP contribution in [0.3, 0.4) is 0 Å². The van der Waals surface area contributed by atoms with E-state index in [2.05, 4.69) is 46.6 Å². The molecular weight excluding hydrogens is 424 g/mol. The first-order valence-electron chi connectivity index (χ1n) is 11.6. The number of carbonyl (C=O) groups is 1. The third-order valence-corrected chi connectivity index (χ3v) is 6.20. The van der Waals surface area contributed by atoms with E-state index >= 15 is 0 Å². The molecule has 0 unspecified atom stereocenters. The number of nitrogens with two attached hydrogens (primary N) is 1. The number of rotatable bonds is 7. The molecule has 1 aromatic heterocycles. The number of benzene rings is 3. The van der Waals surface area contributed by atoms with Gasteiger partial charge in [-0.3, -0.25) is 9.69 Å². The van der Waals surface area contributed by atoms with Crippen LogP contribution in [-0.2, 0) is 17.8 Å². The number of morpholine rings is 1. The third-order valence-electron chi connectivity index (χ3n) is 6.20. The topological polar surface area (TPSA) is 80.5 Å². The molecule has 1 aliphatic heterocycles. The molecule has 0 spiro atoms. The number of nitrogens with zero attached hydrogens (tertiary/aromatic N) is 2. The first-order chi connectivity index (χ1) is 16.7. The monoisotopic (exact) mass is 452 g/mol. The van der Waals surface area contributed by atoms with Crippen molar-refractivity contribution in [2.45, 2.75) is 13.1 Å². The summed E-state index contributed by atoms with van der Waals surface area (Å²) in [5, 5.41) is 4.68. The lowest BCUT2D eigenvalue weighted by Crippen LogP contribution is -2.35. The summed E-state index contributed by atoms with van der Waals surface area (Å²) in [7, 11) is 0. The molecule has 5 rings (SSSR count). The fourth-order valence-corrected chi connectivity index (χ4v) is 4.25. The number of primary amides is 1. The fourth-order valence-electron chi connectivity index (χ4n) is 4.25. The Balaban J connectivity index is 1.34. The van der Waals surface area contributed by atoms with Crippen LogP contribution in [-0.4, -0.2) is 42.1 Å². The summed E-state index contributed by atoms with van der Waals surface area (Å²) in [6.45, 7) is 5.30. The number of hydrogen-bond acceptors (Lipinski definition) is 5. The van der Waals surface area contributed by atoms with Gasteiger partial charge in [0.05, 0.1) is 24.4 Å². The van der Waals surface area contributed by atoms with Crippen LogP contribution in [0.5, 0.6) is 0 Å². The van der Waals surface area contributed by atoms with Gasteiger partial charge >= 0.3 is 0 Å². The van der Waals surface area contributed by atoms with Crippen LogP contribution in [0, 0.1) is 0 Å². The molecule has 6 heteroatoms. The normalized spacial score (nSPS) is 14.2. The number of aromatic nitrogens is 1. The van der Waals surface area contributed by atoms with Gasteiger partial charge in [0.1, 0.15) is 0 Å². The predicted octanol–water partition coefficient (Wildman–Crippen LogP) is 4.45. The molecular formula is C28H28N4O2. The van der Waals surface area contributed by atoms with E-state index in [1.807, 2.05) is 30.3 Å². The summed E-state index contributed by atoms with van der Waals surface area (Å²) in [6.07, 6.45) is 0. The quantitative estimate of drug-likeness (QED) is 0.433. The minimum atomic E-state index is -0.434. The molecule has 3 aromatic carbocycles. The first-order valence-corrected chi connectivity index (χ1v) is 11.6. The summed E-state index contributed by atoms with van der Waals surface area (Å²) >= 11 is 0. The molecule has 0 bridgehead atoms. The maximum Gasteiger partial charge on any atom is 0.248 e. The Labute approximate surface area is 199 Å². The average Bonchev–Trinajstić information content (AvgIpc) is 2.88. The maximum absolute atomic E-state index is 11.4. The Morgan fingerprint density at radius 2 is 1.65 bits per heavy atom. The van der Waals surface area contributed by atoms with Gasteiger partial charge in [0.15, 0.2) is 0 Å². The zero-order valence-electron chi connectivity index (χ0n) is 19.0. The second kappa shape index (κ2) is 10.0. The van der Waals surface area contributed by atoms with Crippen molar-refractivity contribution in [2.24, 2.45) is 5.73 Å². The van der Waals surface area contributed by atoms with Gasteiger partial charge in [-0.2, -0.15) is 0 Å². The highest BCUT2D eigenvalue weighted by molar-refractivity contribution is 5.95. The van der Waals surface area contributed by atoms with Crippen LogP contribution in [0.4, 0.5) is 5.69 Å². The van der Waals surface area contributed by atoms with E-state index in [1.54, 1.807) is 12.1 Å². The van der Waals surface area contributed by atoms with Crippen LogP contribution < -0.4 is 11.1 Å². The van der Waals surface area contributed by atoms with E-state index in [0.29, 0.717) is 12.1 Å². The molecule has 3 N–H and O–H groups in total. The van der Waals surface area contributed by atoms with Gasteiger partial charge < -0.3 is 15.8 Å². The van der Waals surface area contributed by atoms with Crippen molar-refractivity contribution >= 4 is 22.5 Å². The number of anilines is 1. The van der Waals surface area contributed by atoms with Crippen molar-refractivity contribution in [2.75, 3.05) is 31.6 Å². The SMILES string of the molecule is NC(=O)c1ccc(-c2cc(NCc3ccc(CN4CCOCC4)cc3)c3ccccc3n2)cc1. The van der Waals surface area contributed by atoms with E-state index in [9.17, 15) is 4.79 Å². The van der Waals surface area contributed by atoms with Gasteiger partial charge in [-0.25, -0.2) is 4.98 Å². The number of hydrogen-bond donors (Lipinski definition) is 2. The Morgan fingerprint density at radius 3 is 2.38 bits per heavy atom. The van der Waals surface area contributed by atoms with Gasteiger partial charge in [0.2, 0.25) is 5.91 Å². The lowest BCUT2D eigenvalue weighted by atomic mass is 10.1. The zero-order chi connectivity index (χ0) is 23.3. The molecule has 0 atom stereocenters. The molecule has 1 saturated heterocycles. The number of amides is 1. The Morgan fingerprint density at radius 1 is 0.941 bits per heavy atom. The van der Waals surface area contributed by atoms with Crippen molar-refractivity contribution in [3.05, 3.63) is 95.6 Å². The number of para-hydroxylation sites is 1. The number of fused-ring (bicyclic) bond motifs is 1. The average molecular weight is 453 g/mol. The third kappa shape index (κ3) is 5.09. The first kappa shape index (κ1) is 22.1. The molecule has 2 heterocycles. The minimum Gasteiger partial charge on any atom is -0.380 e. The largest absolute Gasteiger partial charge is 0.380 e. The molecule has 0 radical (unpaired) electrons. The van der Waals surface area contributed by atoms with E-state index in [1.165, 1.54) is 11.1 Å². The fraction of sp³-hybridized carbons (Fsp3) is 0.214. The van der Waals surface area contributed by atoms with Crippen LogP contribution in [0.1, 0.15) is 21.5 Å². The van der Waals surface area contributed by atoms with Gasteiger partial charge in [-0.05, 0) is 35.4 Å². The molecule has 1 aliphatic rings. The molecule has 0 aliphatic carbocycles. The summed E-state index contributed by atoms with van der Waals surface area (Å²) in [6, 6.07) is 26.2. The van der Waals surface area contributed by atoms with Crippen molar-refractivity contribution in [3.63, 3.8) is 0 Å². The van der Waals surface area contributed by atoms with Crippen LogP contribution in [0.25, 0.3) is 22.2 Å². The number of ether oxygens (including phenoxy) is 1. The molecule has 34 heavy (non-hydrogen) atoms. The lowest BCUT2D eigenvalue weighted by molar-refractivity contribution is 0.0342. The van der Waals surface area contributed by atoms with Gasteiger partial charge in [-0.15, -0.1) is 0 Å². The van der Waals surface area contributed by atoms with Crippen LogP contribution >= 0.6 is 0 Å². The van der Waals surface area contributed by atoms with Crippen molar-refractivity contribution < 1.29 is 9.53 Å². The van der Waals surface area contributed by atoms with Crippen molar-refractivity contribution in [1.29, 1.82) is 0 Å². The zero-order valence-corrected chi connectivity index (χ0v) is 19.0. The highest BCUT2D eigenvalue weighted by Crippen LogP contribution is 2.29. The van der Waals surface area contributed by atoms with E-state index in [-0.39, 0.29) is 0 Å². The minimum absolute atomic E-state index is 0.434. The summed E-state index contributed by atoms with van der Waals surface area (Å²) in [5.41, 5.74) is 12.1. The molecule has 1 fully saturated rings. The highest BCUT2D eigenvalue weighted by atomic mass is 16.5. The Kier molecular flexibility index (Phi) is 6.51. The molecule has 6 nitrogen and oxygen atoms in total. The number of carbonyl (C=O) groups excluding carboxylic acids is 1.